The molecule has 1 aliphatic carbocycles. The first kappa shape index (κ1) is 9.88. The van der Waals surface area contributed by atoms with E-state index in [0.717, 1.165) is 0 Å². The van der Waals surface area contributed by atoms with Gasteiger partial charge in [-0.25, -0.2) is 0 Å². The second kappa shape index (κ2) is 3.68. The fourth-order valence-corrected chi connectivity index (χ4v) is 1.74. The second-order valence-electron chi connectivity index (χ2n) is 3.13. The molecule has 0 saturated heterocycles. The topological polar surface area (TPSA) is 93.0 Å². The molecule has 72 valence electrons. The van der Waals surface area contributed by atoms with Crippen molar-refractivity contribution in [3.63, 3.8) is 0 Å². The summed E-state index contributed by atoms with van der Waals surface area (Å²) in [4.78, 5) is 0. The molecule has 0 radical (unpaired) electrons. The first-order valence-corrected chi connectivity index (χ1v) is 3.95. The lowest BCUT2D eigenvalue weighted by Crippen LogP contribution is -2.41. The van der Waals surface area contributed by atoms with Crippen molar-refractivity contribution >= 4 is 0 Å². The van der Waals surface area contributed by atoms with Crippen LogP contribution in [0, 0.1) is 5.92 Å². The summed E-state index contributed by atoms with van der Waals surface area (Å²) < 4.78 is 0. The minimum absolute atomic E-state index is 0.249. The quantitative estimate of drug-likeness (QED) is 0.316. The van der Waals surface area contributed by atoms with Gasteiger partial charge in [0.05, 0.1) is 18.8 Å². The maximum Gasteiger partial charge on any atom is 0.108 e. The van der Waals surface area contributed by atoms with Crippen LogP contribution in [0.15, 0.2) is 0 Å². The lowest BCUT2D eigenvalue weighted by molar-refractivity contribution is -0.0310. The van der Waals surface area contributed by atoms with Gasteiger partial charge in [-0.3, -0.25) is 0 Å². The largest absolute Gasteiger partial charge is 0.396 e. The number of nitrogens with one attached hydrogen (secondary N) is 1. The number of hydrogen-bond donors (Lipinski definition) is 5. The van der Waals surface area contributed by atoms with Crippen molar-refractivity contribution < 1.29 is 20.4 Å². The van der Waals surface area contributed by atoms with E-state index in [-0.39, 0.29) is 6.61 Å². The molecule has 5 heteroatoms. The molecule has 5 unspecified atom stereocenters. The van der Waals surface area contributed by atoms with E-state index in [1.54, 1.807) is 7.05 Å². The minimum Gasteiger partial charge on any atom is -0.396 e. The van der Waals surface area contributed by atoms with E-state index in [1.165, 1.54) is 0 Å². The Kier molecular flexibility index (Phi) is 3.03. The van der Waals surface area contributed by atoms with Gasteiger partial charge in [0, 0.05) is 12.0 Å². The maximum atomic E-state index is 9.35. The van der Waals surface area contributed by atoms with E-state index in [0.29, 0.717) is 0 Å². The zero-order chi connectivity index (χ0) is 9.30. The van der Waals surface area contributed by atoms with Crippen LogP contribution >= 0.6 is 0 Å². The fourth-order valence-electron chi connectivity index (χ4n) is 1.74. The van der Waals surface area contributed by atoms with Gasteiger partial charge in [-0.1, -0.05) is 0 Å². The molecule has 5 nitrogen and oxygen atoms in total. The van der Waals surface area contributed by atoms with Crippen LogP contribution in [-0.2, 0) is 0 Å². The van der Waals surface area contributed by atoms with Crippen LogP contribution < -0.4 is 5.32 Å². The highest BCUT2D eigenvalue weighted by molar-refractivity contribution is 5.01. The lowest BCUT2D eigenvalue weighted by Gasteiger charge is -2.19. The normalized spacial score (nSPS) is 48.2. The van der Waals surface area contributed by atoms with Gasteiger partial charge in [0.2, 0.25) is 0 Å². The SMILES string of the molecule is CNC1C(O)C(O)C(O)C1CO. The standard InChI is InChI=1S/C7H15NO4/c1-8-4-3(2-9)5(10)7(12)6(4)11/h3-12H,2H2,1H3. The number of hydrogen-bond acceptors (Lipinski definition) is 5. The van der Waals surface area contributed by atoms with E-state index in [1.807, 2.05) is 0 Å². The molecule has 1 rings (SSSR count). The van der Waals surface area contributed by atoms with Gasteiger partial charge >= 0.3 is 0 Å². The predicted octanol–water partition coefficient (Wildman–Crippen LogP) is -2.72. The molecule has 0 aromatic rings. The zero-order valence-corrected chi connectivity index (χ0v) is 6.88. The first-order valence-electron chi connectivity index (χ1n) is 3.95. The van der Waals surface area contributed by atoms with E-state index >= 15 is 0 Å². The van der Waals surface area contributed by atoms with Crippen LogP contribution in [-0.4, -0.2) is 58.4 Å². The number of aliphatic hydroxyl groups is 4. The number of rotatable bonds is 2. The molecule has 1 aliphatic rings. The van der Waals surface area contributed by atoms with Gasteiger partial charge in [-0.2, -0.15) is 0 Å². The Labute approximate surface area is 70.6 Å². The van der Waals surface area contributed by atoms with Gasteiger partial charge in [-0.15, -0.1) is 0 Å². The highest BCUT2D eigenvalue weighted by Gasteiger charge is 2.47. The summed E-state index contributed by atoms with van der Waals surface area (Å²) in [6.45, 7) is -0.249. The molecule has 0 amide bonds. The third-order valence-corrected chi connectivity index (χ3v) is 2.51. The molecule has 5 atom stereocenters. The number of likely N-dealkylation sites (N-methyl/N-ethyl adjacent to an activating group) is 1. The molecular weight excluding hydrogens is 162 g/mol. The summed E-state index contributed by atoms with van der Waals surface area (Å²) in [5, 5.41) is 39.5. The van der Waals surface area contributed by atoms with Gasteiger partial charge in [0.25, 0.3) is 0 Å². The zero-order valence-electron chi connectivity index (χ0n) is 6.88. The van der Waals surface area contributed by atoms with Crippen molar-refractivity contribution in [2.75, 3.05) is 13.7 Å². The van der Waals surface area contributed by atoms with Crippen LogP contribution in [0.4, 0.5) is 0 Å². The molecule has 0 aliphatic heterocycles. The first-order chi connectivity index (χ1) is 5.63. The van der Waals surface area contributed by atoms with Gasteiger partial charge < -0.3 is 25.7 Å². The smallest absolute Gasteiger partial charge is 0.108 e. The van der Waals surface area contributed by atoms with Crippen LogP contribution in [0.2, 0.25) is 0 Å². The van der Waals surface area contributed by atoms with Gasteiger partial charge in [0.15, 0.2) is 0 Å². The lowest BCUT2D eigenvalue weighted by atomic mass is 10.0. The average molecular weight is 177 g/mol. The second-order valence-corrected chi connectivity index (χ2v) is 3.13. The van der Waals surface area contributed by atoms with Crippen molar-refractivity contribution in [1.82, 2.24) is 5.32 Å². The summed E-state index contributed by atoms with van der Waals surface area (Å²) in [5.41, 5.74) is 0. The van der Waals surface area contributed by atoms with E-state index in [2.05, 4.69) is 5.32 Å². The molecule has 1 fully saturated rings. The van der Waals surface area contributed by atoms with Crippen LogP contribution in [0.25, 0.3) is 0 Å². The van der Waals surface area contributed by atoms with Crippen LogP contribution in [0.5, 0.6) is 0 Å². The molecule has 0 heterocycles. The molecule has 5 N–H and O–H groups in total. The molecule has 0 spiro atoms. The maximum absolute atomic E-state index is 9.35. The summed E-state index contributed by atoms with van der Waals surface area (Å²) in [5.74, 6) is -0.500. The summed E-state index contributed by atoms with van der Waals surface area (Å²) >= 11 is 0. The average Bonchev–Trinajstić information content (AvgIpc) is 2.29. The highest BCUT2D eigenvalue weighted by atomic mass is 16.4. The molecule has 12 heavy (non-hydrogen) atoms. The third-order valence-electron chi connectivity index (χ3n) is 2.51. The van der Waals surface area contributed by atoms with Crippen molar-refractivity contribution in [2.45, 2.75) is 24.4 Å². The van der Waals surface area contributed by atoms with Crippen LogP contribution in [0.3, 0.4) is 0 Å². The van der Waals surface area contributed by atoms with E-state index < -0.39 is 30.3 Å². The van der Waals surface area contributed by atoms with Crippen molar-refractivity contribution in [3.05, 3.63) is 0 Å². The van der Waals surface area contributed by atoms with Crippen molar-refractivity contribution in [2.24, 2.45) is 5.92 Å². The van der Waals surface area contributed by atoms with Crippen molar-refractivity contribution in [1.29, 1.82) is 0 Å². The Morgan fingerprint density at radius 2 is 1.67 bits per heavy atom. The Balaban J connectivity index is 2.72. The Bertz CT molecular complexity index is 138. The number of aliphatic hydroxyl groups excluding tert-OH is 4. The molecule has 0 aromatic heterocycles. The van der Waals surface area contributed by atoms with E-state index in [9.17, 15) is 15.3 Å². The molecule has 0 aromatic carbocycles. The highest BCUT2D eigenvalue weighted by Crippen LogP contribution is 2.26. The fraction of sp³-hybridized carbons (Fsp3) is 1.00. The Morgan fingerprint density at radius 1 is 1.08 bits per heavy atom. The predicted molar refractivity (Wildman–Crippen MR) is 41.4 cm³/mol. The monoisotopic (exact) mass is 177 g/mol. The Hall–Kier alpha value is -0.200. The summed E-state index contributed by atoms with van der Waals surface area (Å²) in [7, 11) is 1.61. The van der Waals surface area contributed by atoms with Crippen LogP contribution in [0.1, 0.15) is 0 Å². The van der Waals surface area contributed by atoms with Crippen molar-refractivity contribution in [3.8, 4) is 0 Å². The van der Waals surface area contributed by atoms with Gasteiger partial charge in [-0.05, 0) is 7.05 Å². The summed E-state index contributed by atoms with van der Waals surface area (Å²) in [6.07, 6.45) is -3.23. The molecule has 0 bridgehead atoms. The van der Waals surface area contributed by atoms with Gasteiger partial charge in [0.1, 0.15) is 6.10 Å². The Morgan fingerprint density at radius 3 is 2.00 bits per heavy atom. The molecule has 1 saturated carbocycles. The molecular formula is C7H15NO4. The third kappa shape index (κ3) is 1.34. The minimum atomic E-state index is -1.17. The summed E-state index contributed by atoms with van der Waals surface area (Å²) in [6, 6.07) is -0.444. The van der Waals surface area contributed by atoms with E-state index in [4.69, 9.17) is 5.11 Å².